The van der Waals surface area contributed by atoms with Gasteiger partial charge < -0.3 is 30.7 Å². The first-order chi connectivity index (χ1) is 18.9. The zero-order valence-corrected chi connectivity index (χ0v) is 23.5. The number of carbonyl (C=O) groups excluding carboxylic acids is 2. The number of carboxylic acid groups (broad SMARTS) is 1. The molecular formula is C31H40N4O5. The maximum absolute atomic E-state index is 13.4. The summed E-state index contributed by atoms with van der Waals surface area (Å²) in [7, 11) is 1.79. The summed E-state index contributed by atoms with van der Waals surface area (Å²) < 4.78 is 1.73. The Hall–Kier alpha value is -4.11. The van der Waals surface area contributed by atoms with Crippen LogP contribution in [0.5, 0.6) is 0 Å². The molecular weight excluding hydrogens is 508 g/mol. The lowest BCUT2D eigenvalue weighted by atomic mass is 9.85. The van der Waals surface area contributed by atoms with Gasteiger partial charge in [0.1, 0.15) is 11.7 Å². The van der Waals surface area contributed by atoms with Gasteiger partial charge in [-0.1, -0.05) is 81.4 Å². The molecule has 0 saturated heterocycles. The van der Waals surface area contributed by atoms with Crippen LogP contribution in [-0.4, -0.2) is 56.9 Å². The zero-order valence-electron chi connectivity index (χ0n) is 23.5. The second kappa shape index (κ2) is 13.8. The van der Waals surface area contributed by atoms with Crippen molar-refractivity contribution in [2.75, 3.05) is 0 Å². The van der Waals surface area contributed by atoms with Crippen LogP contribution in [0.15, 0.2) is 79.0 Å². The quantitative estimate of drug-likeness (QED) is 0.236. The third-order valence-electron chi connectivity index (χ3n) is 6.85. The molecule has 214 valence electrons. The Morgan fingerprint density at radius 2 is 1.40 bits per heavy atom. The number of nitrogens with one attached hydrogen (secondary N) is 3. The molecule has 0 unspecified atom stereocenters. The maximum Gasteiger partial charge on any atom is 0.405 e. The molecule has 0 bridgehead atoms. The summed E-state index contributed by atoms with van der Waals surface area (Å²) in [6.45, 7) is 5.31. The number of aromatic nitrogens is 1. The predicted molar refractivity (Wildman–Crippen MR) is 154 cm³/mol. The number of aryl methyl sites for hydroxylation is 1. The van der Waals surface area contributed by atoms with Gasteiger partial charge in [0, 0.05) is 19.3 Å². The largest absolute Gasteiger partial charge is 0.465 e. The predicted octanol–water partition coefficient (Wildman–Crippen LogP) is 3.53. The molecule has 0 aliphatic heterocycles. The van der Waals surface area contributed by atoms with Crippen molar-refractivity contribution < 1.29 is 24.6 Å². The van der Waals surface area contributed by atoms with Crippen LogP contribution >= 0.6 is 0 Å². The molecule has 3 aromatic rings. The first kappa shape index (κ1) is 30.4. The molecule has 1 heterocycles. The number of rotatable bonds is 12. The standard InChI is InChI=1S/C31H40N4O5/c1-31(2,3)27(34-30(39)40)29(38)33-24(19-22-14-9-6-10-15-22)26(36)20-23(18-21-12-7-5-8-13-21)32-28(37)25-16-11-17-35(25)4/h5-17,23-24,26-27,34,36H,18-20H2,1-4H3,(H,32,37)(H,33,38)(H,39,40)/t23-,24-,26-,27+/m0/s1. The molecule has 5 N–H and O–H groups in total. The number of aliphatic hydroxyl groups is 1. The summed E-state index contributed by atoms with van der Waals surface area (Å²) >= 11 is 0. The summed E-state index contributed by atoms with van der Waals surface area (Å²) in [5.74, 6) is -0.787. The summed E-state index contributed by atoms with van der Waals surface area (Å²) in [5, 5.41) is 29.1. The fourth-order valence-corrected chi connectivity index (χ4v) is 4.72. The fraction of sp³-hybridized carbons (Fsp3) is 0.387. The van der Waals surface area contributed by atoms with Crippen LogP contribution in [0, 0.1) is 5.41 Å². The summed E-state index contributed by atoms with van der Waals surface area (Å²) in [6.07, 6.45) is 0.402. The monoisotopic (exact) mass is 548 g/mol. The molecule has 0 aliphatic carbocycles. The Labute approximate surface area is 235 Å². The van der Waals surface area contributed by atoms with Gasteiger partial charge in [-0.25, -0.2) is 4.79 Å². The van der Waals surface area contributed by atoms with Crippen molar-refractivity contribution >= 4 is 17.9 Å². The first-order valence-electron chi connectivity index (χ1n) is 13.4. The van der Waals surface area contributed by atoms with E-state index in [-0.39, 0.29) is 12.3 Å². The Kier molecular flexibility index (Phi) is 10.5. The second-order valence-corrected chi connectivity index (χ2v) is 11.2. The minimum atomic E-state index is -1.30. The lowest BCUT2D eigenvalue weighted by molar-refractivity contribution is -0.127. The summed E-state index contributed by atoms with van der Waals surface area (Å²) in [6, 6.07) is 20.4. The Bertz CT molecular complexity index is 1250. The van der Waals surface area contributed by atoms with E-state index in [0.717, 1.165) is 11.1 Å². The van der Waals surface area contributed by atoms with Crippen molar-refractivity contribution in [1.29, 1.82) is 0 Å². The van der Waals surface area contributed by atoms with E-state index in [4.69, 9.17) is 0 Å². The molecule has 40 heavy (non-hydrogen) atoms. The average Bonchev–Trinajstić information content (AvgIpc) is 3.33. The van der Waals surface area contributed by atoms with E-state index in [1.165, 1.54) is 0 Å². The van der Waals surface area contributed by atoms with Crippen molar-refractivity contribution in [2.45, 2.75) is 64.3 Å². The van der Waals surface area contributed by atoms with Gasteiger partial charge in [-0.3, -0.25) is 9.59 Å². The Morgan fingerprint density at radius 1 is 0.825 bits per heavy atom. The van der Waals surface area contributed by atoms with Gasteiger partial charge >= 0.3 is 6.09 Å². The van der Waals surface area contributed by atoms with E-state index in [1.54, 1.807) is 50.7 Å². The van der Waals surface area contributed by atoms with Crippen LogP contribution < -0.4 is 16.0 Å². The van der Waals surface area contributed by atoms with Gasteiger partial charge in [-0.2, -0.15) is 0 Å². The van der Waals surface area contributed by atoms with Crippen molar-refractivity contribution in [1.82, 2.24) is 20.5 Å². The van der Waals surface area contributed by atoms with Crippen molar-refractivity contribution in [3.8, 4) is 0 Å². The highest BCUT2D eigenvalue weighted by Crippen LogP contribution is 2.21. The van der Waals surface area contributed by atoms with Crippen LogP contribution in [0.25, 0.3) is 0 Å². The molecule has 0 saturated carbocycles. The fourth-order valence-electron chi connectivity index (χ4n) is 4.72. The SMILES string of the molecule is Cn1cccc1C(=O)N[C@@H](Cc1ccccc1)C[C@H](O)[C@H](Cc1ccccc1)NC(=O)[C@@H](NC(=O)O)C(C)(C)C. The van der Waals surface area contributed by atoms with E-state index < -0.39 is 41.6 Å². The zero-order chi connectivity index (χ0) is 29.3. The van der Waals surface area contributed by atoms with Crippen LogP contribution in [0.2, 0.25) is 0 Å². The van der Waals surface area contributed by atoms with Crippen LogP contribution in [0.4, 0.5) is 4.79 Å². The van der Waals surface area contributed by atoms with Gasteiger partial charge in [0.15, 0.2) is 0 Å². The van der Waals surface area contributed by atoms with Gasteiger partial charge in [0.25, 0.3) is 5.91 Å². The first-order valence-corrected chi connectivity index (χ1v) is 13.4. The summed E-state index contributed by atoms with van der Waals surface area (Å²) in [5.41, 5.74) is 1.69. The van der Waals surface area contributed by atoms with E-state index in [0.29, 0.717) is 18.5 Å². The van der Waals surface area contributed by atoms with Gasteiger partial charge in [0.05, 0.1) is 12.1 Å². The van der Waals surface area contributed by atoms with Crippen molar-refractivity contribution in [2.24, 2.45) is 12.5 Å². The van der Waals surface area contributed by atoms with Gasteiger partial charge in [-0.15, -0.1) is 0 Å². The molecule has 1 aromatic heterocycles. The minimum absolute atomic E-state index is 0.162. The average molecular weight is 549 g/mol. The van der Waals surface area contributed by atoms with E-state index >= 15 is 0 Å². The third kappa shape index (κ3) is 8.98. The molecule has 4 atom stereocenters. The number of benzene rings is 2. The van der Waals surface area contributed by atoms with Gasteiger partial charge in [0.2, 0.25) is 5.91 Å². The second-order valence-electron chi connectivity index (χ2n) is 11.2. The third-order valence-corrected chi connectivity index (χ3v) is 6.85. The lowest BCUT2D eigenvalue weighted by Gasteiger charge is -2.33. The van der Waals surface area contributed by atoms with Gasteiger partial charge in [-0.05, 0) is 47.9 Å². The van der Waals surface area contributed by atoms with Crippen LogP contribution in [0.1, 0.15) is 48.8 Å². The molecule has 3 rings (SSSR count). The van der Waals surface area contributed by atoms with Crippen molar-refractivity contribution in [3.63, 3.8) is 0 Å². The molecule has 0 spiro atoms. The molecule has 2 aromatic carbocycles. The Morgan fingerprint density at radius 3 is 1.90 bits per heavy atom. The topological polar surface area (TPSA) is 133 Å². The maximum atomic E-state index is 13.4. The van der Waals surface area contributed by atoms with Crippen LogP contribution in [-0.2, 0) is 24.7 Å². The number of hydrogen-bond acceptors (Lipinski definition) is 4. The molecule has 0 fully saturated rings. The lowest BCUT2D eigenvalue weighted by Crippen LogP contribution is -2.58. The molecule has 0 radical (unpaired) electrons. The highest BCUT2D eigenvalue weighted by Gasteiger charge is 2.35. The van der Waals surface area contributed by atoms with E-state index in [9.17, 15) is 24.6 Å². The molecule has 9 nitrogen and oxygen atoms in total. The van der Waals surface area contributed by atoms with E-state index in [2.05, 4.69) is 16.0 Å². The number of amides is 3. The van der Waals surface area contributed by atoms with Crippen molar-refractivity contribution in [3.05, 3.63) is 95.8 Å². The number of carbonyl (C=O) groups is 3. The molecule has 9 heteroatoms. The molecule has 3 amide bonds. The highest BCUT2D eigenvalue weighted by atomic mass is 16.4. The van der Waals surface area contributed by atoms with Crippen LogP contribution in [0.3, 0.4) is 0 Å². The number of nitrogens with zero attached hydrogens (tertiary/aromatic N) is 1. The highest BCUT2D eigenvalue weighted by molar-refractivity contribution is 5.93. The normalized spacial score (nSPS) is 14.4. The number of hydrogen-bond donors (Lipinski definition) is 5. The van der Waals surface area contributed by atoms with E-state index in [1.807, 2.05) is 60.7 Å². The molecule has 0 aliphatic rings. The Balaban J connectivity index is 1.86. The minimum Gasteiger partial charge on any atom is -0.465 e. The number of aliphatic hydroxyl groups excluding tert-OH is 1. The summed E-state index contributed by atoms with van der Waals surface area (Å²) in [4.78, 5) is 37.9. The smallest absolute Gasteiger partial charge is 0.405 e.